The number of aliphatic carboxylic acids is 1. The molecule has 0 bridgehead atoms. The number of hydrogen-bond donors (Lipinski definition) is 2. The Bertz CT molecular complexity index is 190. The van der Waals surface area contributed by atoms with E-state index in [1.807, 2.05) is 0 Å². The third-order valence-corrected chi connectivity index (χ3v) is 3.09. The van der Waals surface area contributed by atoms with Gasteiger partial charge in [-0.1, -0.05) is 32.6 Å². The average Bonchev–Trinajstić information content (AvgIpc) is 2.93. The molecule has 0 amide bonds. The van der Waals surface area contributed by atoms with Gasteiger partial charge in [-0.15, -0.1) is 0 Å². The SMILES string of the molecule is C[C@@H](CCC1CC1)C[C@H](CN)C(=O)O. The molecule has 2 atom stereocenters. The summed E-state index contributed by atoms with van der Waals surface area (Å²) >= 11 is 0. The van der Waals surface area contributed by atoms with Gasteiger partial charge in [-0.05, 0) is 18.3 Å². The summed E-state index contributed by atoms with van der Waals surface area (Å²) in [4.78, 5) is 10.7. The van der Waals surface area contributed by atoms with Gasteiger partial charge in [0.05, 0.1) is 5.92 Å². The van der Waals surface area contributed by atoms with Crippen LogP contribution in [0.4, 0.5) is 0 Å². The van der Waals surface area contributed by atoms with E-state index in [4.69, 9.17) is 10.8 Å². The molecule has 0 aromatic heterocycles. The lowest BCUT2D eigenvalue weighted by atomic mass is 9.92. The van der Waals surface area contributed by atoms with Gasteiger partial charge in [0.1, 0.15) is 0 Å². The quantitative estimate of drug-likeness (QED) is 0.658. The zero-order chi connectivity index (χ0) is 10.6. The van der Waals surface area contributed by atoms with E-state index in [1.54, 1.807) is 0 Å². The zero-order valence-electron chi connectivity index (χ0n) is 8.91. The van der Waals surface area contributed by atoms with Crippen molar-refractivity contribution in [3.63, 3.8) is 0 Å². The van der Waals surface area contributed by atoms with Crippen molar-refractivity contribution in [3.05, 3.63) is 0 Å². The van der Waals surface area contributed by atoms with Crippen molar-refractivity contribution >= 4 is 5.97 Å². The van der Waals surface area contributed by atoms with Crippen LogP contribution in [0.5, 0.6) is 0 Å². The van der Waals surface area contributed by atoms with Gasteiger partial charge < -0.3 is 10.8 Å². The molecule has 3 heteroatoms. The van der Waals surface area contributed by atoms with Crippen LogP contribution in [-0.4, -0.2) is 17.6 Å². The molecule has 0 unspecified atom stereocenters. The minimum atomic E-state index is -0.745. The Morgan fingerprint density at radius 1 is 1.57 bits per heavy atom. The summed E-state index contributed by atoms with van der Waals surface area (Å²) in [6.45, 7) is 2.40. The fraction of sp³-hybridized carbons (Fsp3) is 0.909. The molecule has 0 aromatic rings. The molecule has 3 nitrogen and oxygen atoms in total. The van der Waals surface area contributed by atoms with Crippen molar-refractivity contribution in [3.8, 4) is 0 Å². The number of nitrogens with two attached hydrogens (primary N) is 1. The van der Waals surface area contributed by atoms with Gasteiger partial charge in [-0.2, -0.15) is 0 Å². The number of carboxylic acids is 1. The lowest BCUT2D eigenvalue weighted by molar-refractivity contribution is -0.141. The highest BCUT2D eigenvalue weighted by Crippen LogP contribution is 2.35. The Balaban J connectivity index is 2.15. The van der Waals surface area contributed by atoms with E-state index < -0.39 is 5.97 Å². The van der Waals surface area contributed by atoms with Gasteiger partial charge in [0.15, 0.2) is 0 Å². The van der Waals surface area contributed by atoms with Crippen LogP contribution in [0.2, 0.25) is 0 Å². The first-order chi connectivity index (χ1) is 6.63. The second-order valence-corrected chi connectivity index (χ2v) is 4.63. The predicted molar refractivity (Wildman–Crippen MR) is 55.9 cm³/mol. The molecule has 0 aromatic carbocycles. The largest absolute Gasteiger partial charge is 0.481 e. The highest BCUT2D eigenvalue weighted by molar-refractivity contribution is 5.70. The third kappa shape index (κ3) is 4.09. The second-order valence-electron chi connectivity index (χ2n) is 4.63. The monoisotopic (exact) mass is 199 g/mol. The van der Waals surface area contributed by atoms with E-state index in [-0.39, 0.29) is 12.5 Å². The van der Waals surface area contributed by atoms with E-state index in [1.165, 1.54) is 19.3 Å². The molecule has 1 saturated carbocycles. The minimum Gasteiger partial charge on any atom is -0.481 e. The van der Waals surface area contributed by atoms with Gasteiger partial charge in [0.25, 0.3) is 0 Å². The van der Waals surface area contributed by atoms with Crippen molar-refractivity contribution in [2.45, 2.75) is 39.0 Å². The Morgan fingerprint density at radius 2 is 2.21 bits per heavy atom. The van der Waals surface area contributed by atoms with Gasteiger partial charge in [0.2, 0.25) is 0 Å². The molecule has 0 radical (unpaired) electrons. The summed E-state index contributed by atoms with van der Waals surface area (Å²) in [6, 6.07) is 0. The van der Waals surface area contributed by atoms with E-state index in [9.17, 15) is 4.79 Å². The van der Waals surface area contributed by atoms with Crippen LogP contribution in [0.25, 0.3) is 0 Å². The smallest absolute Gasteiger partial charge is 0.307 e. The Morgan fingerprint density at radius 3 is 2.64 bits per heavy atom. The number of carboxylic acid groups (broad SMARTS) is 1. The maximum Gasteiger partial charge on any atom is 0.307 e. The highest BCUT2D eigenvalue weighted by Gasteiger charge is 2.23. The average molecular weight is 199 g/mol. The van der Waals surface area contributed by atoms with Crippen molar-refractivity contribution in [2.24, 2.45) is 23.5 Å². The molecular weight excluding hydrogens is 178 g/mol. The molecule has 0 aliphatic heterocycles. The molecule has 82 valence electrons. The van der Waals surface area contributed by atoms with Crippen molar-refractivity contribution in [1.82, 2.24) is 0 Å². The molecule has 0 heterocycles. The Hall–Kier alpha value is -0.570. The Kier molecular flexibility index (Phi) is 4.39. The van der Waals surface area contributed by atoms with E-state index in [0.717, 1.165) is 18.8 Å². The topological polar surface area (TPSA) is 63.3 Å². The van der Waals surface area contributed by atoms with Crippen molar-refractivity contribution in [1.29, 1.82) is 0 Å². The maximum atomic E-state index is 10.7. The second kappa shape index (κ2) is 5.35. The van der Waals surface area contributed by atoms with Crippen LogP contribution >= 0.6 is 0 Å². The first kappa shape index (κ1) is 11.5. The summed E-state index contributed by atoms with van der Waals surface area (Å²) < 4.78 is 0. The fourth-order valence-corrected chi connectivity index (χ4v) is 1.83. The fourth-order valence-electron chi connectivity index (χ4n) is 1.83. The van der Waals surface area contributed by atoms with Gasteiger partial charge >= 0.3 is 5.97 Å². The molecule has 14 heavy (non-hydrogen) atoms. The van der Waals surface area contributed by atoms with Crippen LogP contribution in [0.1, 0.15) is 39.0 Å². The number of carbonyl (C=O) groups is 1. The minimum absolute atomic E-state index is 0.267. The lowest BCUT2D eigenvalue weighted by Crippen LogP contribution is -2.25. The summed E-state index contributed by atoms with van der Waals surface area (Å²) in [5, 5.41) is 8.83. The molecule has 0 spiro atoms. The van der Waals surface area contributed by atoms with Crippen LogP contribution in [0, 0.1) is 17.8 Å². The van der Waals surface area contributed by atoms with E-state index in [0.29, 0.717) is 5.92 Å². The van der Waals surface area contributed by atoms with Crippen LogP contribution in [-0.2, 0) is 4.79 Å². The summed E-state index contributed by atoms with van der Waals surface area (Å²) in [6.07, 6.45) is 5.93. The standard InChI is InChI=1S/C11H21NO2/c1-8(2-3-9-4-5-9)6-10(7-12)11(13)14/h8-10H,2-7,12H2,1H3,(H,13,14)/t8-,10+/m0/s1. The van der Waals surface area contributed by atoms with Crippen LogP contribution in [0.15, 0.2) is 0 Å². The van der Waals surface area contributed by atoms with Crippen LogP contribution in [0.3, 0.4) is 0 Å². The predicted octanol–water partition coefficient (Wildman–Crippen LogP) is 1.86. The van der Waals surface area contributed by atoms with Crippen LogP contribution < -0.4 is 5.73 Å². The van der Waals surface area contributed by atoms with Gasteiger partial charge in [-0.25, -0.2) is 0 Å². The maximum absolute atomic E-state index is 10.7. The first-order valence-electron chi connectivity index (χ1n) is 5.56. The van der Waals surface area contributed by atoms with Gasteiger partial charge in [-0.3, -0.25) is 4.79 Å². The van der Waals surface area contributed by atoms with E-state index in [2.05, 4.69) is 6.92 Å². The molecule has 3 N–H and O–H groups in total. The molecular formula is C11H21NO2. The van der Waals surface area contributed by atoms with Gasteiger partial charge in [0, 0.05) is 6.54 Å². The Labute approximate surface area is 85.7 Å². The first-order valence-corrected chi connectivity index (χ1v) is 5.56. The normalized spacial score (nSPS) is 20.4. The summed E-state index contributed by atoms with van der Waals surface area (Å²) in [5.41, 5.74) is 5.41. The van der Waals surface area contributed by atoms with Crippen molar-refractivity contribution < 1.29 is 9.90 Å². The van der Waals surface area contributed by atoms with Crippen molar-refractivity contribution in [2.75, 3.05) is 6.54 Å². The molecule has 0 saturated heterocycles. The zero-order valence-corrected chi connectivity index (χ0v) is 8.91. The third-order valence-electron chi connectivity index (χ3n) is 3.09. The molecule has 1 aliphatic rings. The molecule has 1 aliphatic carbocycles. The highest BCUT2D eigenvalue weighted by atomic mass is 16.4. The molecule has 1 rings (SSSR count). The van der Waals surface area contributed by atoms with E-state index >= 15 is 0 Å². The summed E-state index contributed by atoms with van der Waals surface area (Å²) in [7, 11) is 0. The lowest BCUT2D eigenvalue weighted by Gasteiger charge is -2.15. The summed E-state index contributed by atoms with van der Waals surface area (Å²) in [5.74, 6) is 0.355. The number of hydrogen-bond acceptors (Lipinski definition) is 2. The molecule has 1 fully saturated rings. The number of rotatable bonds is 7.